The Morgan fingerprint density at radius 2 is 1.53 bits per heavy atom. The van der Waals surface area contributed by atoms with Gasteiger partial charge in [-0.1, -0.05) is 71.4 Å². The number of amides is 1. The molecule has 3 aromatic rings. The molecule has 0 radical (unpaired) electrons. The number of nitrogens with one attached hydrogen (secondary N) is 1. The van der Waals surface area contributed by atoms with Crippen LogP contribution in [0.1, 0.15) is 17.5 Å². The summed E-state index contributed by atoms with van der Waals surface area (Å²) in [6.07, 6.45) is 0.785. The van der Waals surface area contributed by atoms with Crippen LogP contribution in [0.15, 0.2) is 53.7 Å². The average molecular weight is 423 g/mol. The number of ether oxygens (including phenoxy) is 1. The molecule has 0 aliphatic carbocycles. The molecular weight excluding hydrogens is 396 g/mol. The number of rotatable bonds is 9. The topological polar surface area (TPSA) is 77.0 Å². The fraction of sp³-hybridized carbons (Fsp3) is 0.304. The summed E-state index contributed by atoms with van der Waals surface area (Å²) in [4.78, 5) is 16.8. The Hall–Kier alpha value is -2.77. The van der Waals surface area contributed by atoms with E-state index in [2.05, 4.69) is 41.5 Å². The number of carbonyl (C=O) groups excluding carboxylic acids is 1. The van der Waals surface area contributed by atoms with Gasteiger partial charge in [-0.3, -0.25) is 4.79 Å². The van der Waals surface area contributed by atoms with Gasteiger partial charge in [0.1, 0.15) is 11.4 Å². The molecule has 0 saturated heterocycles. The maximum atomic E-state index is 12.0. The van der Waals surface area contributed by atoms with Gasteiger partial charge in [-0.2, -0.15) is 0 Å². The summed E-state index contributed by atoms with van der Waals surface area (Å²) in [6.45, 7) is 5.32. The first-order valence-electron chi connectivity index (χ1n) is 9.84. The Morgan fingerprint density at radius 3 is 2.13 bits per heavy atom. The first kappa shape index (κ1) is 21.9. The van der Waals surface area contributed by atoms with Gasteiger partial charge in [-0.25, -0.2) is 4.98 Å². The number of hydrogen-bond donors (Lipinski definition) is 1. The Kier molecular flexibility index (Phi) is 7.93. The largest absolute Gasteiger partial charge is 0.385 e. The van der Waals surface area contributed by atoms with Gasteiger partial charge in [0.15, 0.2) is 0 Å². The third kappa shape index (κ3) is 6.11. The Labute approximate surface area is 181 Å². The van der Waals surface area contributed by atoms with Gasteiger partial charge in [0.05, 0.1) is 5.75 Å². The van der Waals surface area contributed by atoms with Gasteiger partial charge in [-0.05, 0) is 20.3 Å². The van der Waals surface area contributed by atoms with Crippen LogP contribution in [0.25, 0.3) is 22.5 Å². The van der Waals surface area contributed by atoms with Crippen molar-refractivity contribution in [3.05, 3.63) is 59.7 Å². The zero-order valence-corrected chi connectivity index (χ0v) is 18.3. The SMILES string of the molecule is COCCCNC(=O)CSc1nnc(-c2ccc(C)cc2)c(-c2ccc(C)cc2)n1. The van der Waals surface area contributed by atoms with Gasteiger partial charge in [0.2, 0.25) is 11.1 Å². The zero-order chi connectivity index (χ0) is 21.3. The molecule has 1 aromatic heterocycles. The van der Waals surface area contributed by atoms with Crippen LogP contribution in [0.4, 0.5) is 0 Å². The fourth-order valence-corrected chi connectivity index (χ4v) is 3.43. The van der Waals surface area contributed by atoms with E-state index in [-0.39, 0.29) is 11.7 Å². The maximum Gasteiger partial charge on any atom is 0.230 e. The van der Waals surface area contributed by atoms with Crippen LogP contribution >= 0.6 is 11.8 Å². The van der Waals surface area contributed by atoms with Crippen molar-refractivity contribution < 1.29 is 9.53 Å². The van der Waals surface area contributed by atoms with E-state index in [1.165, 1.54) is 22.9 Å². The Balaban J connectivity index is 1.81. The third-order valence-electron chi connectivity index (χ3n) is 4.50. The van der Waals surface area contributed by atoms with Gasteiger partial charge in [0, 0.05) is 31.4 Å². The highest BCUT2D eigenvalue weighted by atomic mass is 32.2. The highest BCUT2D eigenvalue weighted by molar-refractivity contribution is 7.99. The van der Waals surface area contributed by atoms with Crippen molar-refractivity contribution in [3.8, 4) is 22.5 Å². The summed E-state index contributed by atoms with van der Waals surface area (Å²) in [6, 6.07) is 16.3. The molecule has 2 aromatic carbocycles. The zero-order valence-electron chi connectivity index (χ0n) is 17.5. The molecule has 0 fully saturated rings. The monoisotopic (exact) mass is 422 g/mol. The van der Waals surface area contributed by atoms with Crippen LogP contribution in [0, 0.1) is 13.8 Å². The summed E-state index contributed by atoms with van der Waals surface area (Å²) < 4.78 is 4.98. The molecule has 6 nitrogen and oxygen atoms in total. The normalized spacial score (nSPS) is 10.8. The fourth-order valence-electron chi connectivity index (χ4n) is 2.82. The van der Waals surface area contributed by atoms with E-state index in [4.69, 9.17) is 9.72 Å². The van der Waals surface area contributed by atoms with E-state index in [1.54, 1.807) is 7.11 Å². The van der Waals surface area contributed by atoms with E-state index in [9.17, 15) is 4.79 Å². The molecule has 30 heavy (non-hydrogen) atoms. The average Bonchev–Trinajstić information content (AvgIpc) is 2.76. The number of carbonyl (C=O) groups is 1. The smallest absolute Gasteiger partial charge is 0.230 e. The second kappa shape index (κ2) is 10.8. The predicted octanol–water partition coefficient (Wildman–Crippen LogP) is 4.07. The lowest BCUT2D eigenvalue weighted by Crippen LogP contribution is -2.26. The lowest BCUT2D eigenvalue weighted by atomic mass is 10.0. The minimum atomic E-state index is -0.0563. The summed E-state index contributed by atoms with van der Waals surface area (Å²) in [5.41, 5.74) is 5.78. The summed E-state index contributed by atoms with van der Waals surface area (Å²) in [5, 5.41) is 12.1. The van der Waals surface area contributed by atoms with E-state index < -0.39 is 0 Å². The highest BCUT2D eigenvalue weighted by Crippen LogP contribution is 2.30. The van der Waals surface area contributed by atoms with Gasteiger partial charge >= 0.3 is 0 Å². The lowest BCUT2D eigenvalue weighted by molar-refractivity contribution is -0.118. The Morgan fingerprint density at radius 1 is 0.933 bits per heavy atom. The van der Waals surface area contributed by atoms with Crippen molar-refractivity contribution in [1.29, 1.82) is 0 Å². The number of aryl methyl sites for hydroxylation is 2. The molecule has 1 N–H and O–H groups in total. The van der Waals surface area contributed by atoms with Crippen molar-refractivity contribution in [2.75, 3.05) is 26.0 Å². The van der Waals surface area contributed by atoms with E-state index >= 15 is 0 Å². The molecule has 0 spiro atoms. The molecule has 7 heteroatoms. The summed E-state index contributed by atoms with van der Waals surface area (Å²) in [7, 11) is 1.65. The number of aromatic nitrogens is 3. The van der Waals surface area contributed by atoms with Crippen molar-refractivity contribution in [3.63, 3.8) is 0 Å². The second-order valence-corrected chi connectivity index (χ2v) is 7.95. The molecule has 156 valence electrons. The number of benzene rings is 2. The van der Waals surface area contributed by atoms with Crippen LogP contribution in [0.3, 0.4) is 0 Å². The van der Waals surface area contributed by atoms with Crippen LogP contribution < -0.4 is 5.32 Å². The van der Waals surface area contributed by atoms with Crippen LogP contribution in [-0.4, -0.2) is 47.1 Å². The van der Waals surface area contributed by atoms with Gasteiger partial charge in [-0.15, -0.1) is 10.2 Å². The minimum Gasteiger partial charge on any atom is -0.385 e. The molecule has 0 bridgehead atoms. The Bertz CT molecular complexity index is 975. The van der Waals surface area contributed by atoms with Crippen LogP contribution in [-0.2, 0) is 9.53 Å². The first-order valence-corrected chi connectivity index (χ1v) is 10.8. The molecule has 3 rings (SSSR count). The van der Waals surface area contributed by atoms with E-state index in [1.807, 2.05) is 36.4 Å². The minimum absolute atomic E-state index is 0.0563. The molecule has 0 unspecified atom stereocenters. The molecule has 0 aliphatic rings. The first-order chi connectivity index (χ1) is 14.6. The quantitative estimate of drug-likeness (QED) is 0.414. The third-order valence-corrected chi connectivity index (χ3v) is 5.33. The molecule has 1 amide bonds. The lowest BCUT2D eigenvalue weighted by Gasteiger charge is -2.10. The maximum absolute atomic E-state index is 12.0. The van der Waals surface area contributed by atoms with E-state index in [0.29, 0.717) is 18.3 Å². The van der Waals surface area contributed by atoms with E-state index in [0.717, 1.165) is 28.9 Å². The predicted molar refractivity (Wildman–Crippen MR) is 120 cm³/mol. The highest BCUT2D eigenvalue weighted by Gasteiger charge is 2.15. The van der Waals surface area contributed by atoms with Crippen molar-refractivity contribution in [1.82, 2.24) is 20.5 Å². The standard InChI is InChI=1S/C23H26N4O2S/c1-16-5-9-18(10-6-16)21-22(19-11-7-17(2)8-12-19)26-27-23(25-21)30-15-20(28)24-13-4-14-29-3/h5-12H,4,13-15H2,1-3H3,(H,24,28). The number of methoxy groups -OCH3 is 1. The molecule has 0 aliphatic heterocycles. The summed E-state index contributed by atoms with van der Waals surface area (Å²) in [5.74, 6) is 0.186. The molecule has 0 saturated carbocycles. The number of thioether (sulfide) groups is 1. The van der Waals surface area contributed by atoms with Crippen molar-refractivity contribution >= 4 is 17.7 Å². The van der Waals surface area contributed by atoms with Crippen LogP contribution in [0.2, 0.25) is 0 Å². The van der Waals surface area contributed by atoms with Crippen molar-refractivity contribution in [2.24, 2.45) is 0 Å². The molecular formula is C23H26N4O2S. The number of nitrogens with zero attached hydrogens (tertiary/aromatic N) is 3. The van der Waals surface area contributed by atoms with Crippen molar-refractivity contribution in [2.45, 2.75) is 25.4 Å². The van der Waals surface area contributed by atoms with Gasteiger partial charge < -0.3 is 10.1 Å². The molecule has 1 heterocycles. The second-order valence-electron chi connectivity index (χ2n) is 7.01. The summed E-state index contributed by atoms with van der Waals surface area (Å²) >= 11 is 1.28. The van der Waals surface area contributed by atoms with Crippen LogP contribution in [0.5, 0.6) is 0 Å². The number of hydrogen-bond acceptors (Lipinski definition) is 6. The molecule has 0 atom stereocenters. The van der Waals surface area contributed by atoms with Gasteiger partial charge in [0.25, 0.3) is 0 Å².